The van der Waals surface area contributed by atoms with Crippen LogP contribution in [0.25, 0.3) is 0 Å². The Hall–Kier alpha value is -1.95. The molecule has 0 radical (unpaired) electrons. The summed E-state index contributed by atoms with van der Waals surface area (Å²) in [6, 6.07) is 11.4. The number of aliphatic hydroxyl groups is 1. The van der Waals surface area contributed by atoms with Crippen LogP contribution in [-0.2, 0) is 6.42 Å². The molecule has 1 amide bonds. The molecule has 2 aromatic carbocycles. The summed E-state index contributed by atoms with van der Waals surface area (Å²) in [7, 11) is 0. The van der Waals surface area contributed by atoms with Crippen molar-refractivity contribution in [2.24, 2.45) is 0 Å². The van der Waals surface area contributed by atoms with E-state index >= 15 is 0 Å². The Labute approximate surface area is 149 Å². The molecule has 3 N–H and O–H groups in total. The molecule has 0 saturated heterocycles. The number of rotatable bonds is 6. The number of benzene rings is 2. The molecule has 0 unspecified atom stereocenters. The highest BCUT2D eigenvalue weighted by Crippen LogP contribution is 2.24. The molecule has 0 aliphatic carbocycles. The maximum atomic E-state index is 11.4. The standard InChI is InChI=1S/C17H17Cl2NO4/c18-13-3-1-2-12(9-13)16(22)10-20(17(23)24)7-6-11-4-5-15(21)14(19)8-11/h1-5,8-9,16,21-22H,6-7,10H2,(H,23,24)/t16-/m0/s1. The van der Waals surface area contributed by atoms with Gasteiger partial charge in [0, 0.05) is 11.6 Å². The third-order valence-corrected chi connectivity index (χ3v) is 4.12. The highest BCUT2D eigenvalue weighted by molar-refractivity contribution is 6.32. The third-order valence-electron chi connectivity index (χ3n) is 3.58. The molecule has 24 heavy (non-hydrogen) atoms. The van der Waals surface area contributed by atoms with Gasteiger partial charge in [0.15, 0.2) is 0 Å². The van der Waals surface area contributed by atoms with E-state index in [1.165, 1.54) is 6.07 Å². The van der Waals surface area contributed by atoms with Crippen LogP contribution in [0.15, 0.2) is 42.5 Å². The quantitative estimate of drug-likeness (QED) is 0.719. The van der Waals surface area contributed by atoms with Crippen molar-refractivity contribution in [3.63, 3.8) is 0 Å². The zero-order valence-corrected chi connectivity index (χ0v) is 14.2. The SMILES string of the molecule is O=C(O)N(CCc1ccc(O)c(Cl)c1)C[C@H](O)c1cccc(Cl)c1. The summed E-state index contributed by atoms with van der Waals surface area (Å²) in [6.45, 7) is 0.121. The fraction of sp³-hybridized carbons (Fsp3) is 0.235. The zero-order valence-electron chi connectivity index (χ0n) is 12.7. The first-order valence-corrected chi connectivity index (χ1v) is 8.01. The summed E-state index contributed by atoms with van der Waals surface area (Å²) < 4.78 is 0. The van der Waals surface area contributed by atoms with E-state index in [0.717, 1.165) is 10.5 Å². The first-order valence-electron chi connectivity index (χ1n) is 7.25. The fourth-order valence-electron chi connectivity index (χ4n) is 2.26. The van der Waals surface area contributed by atoms with Crippen molar-refractivity contribution in [2.75, 3.05) is 13.1 Å². The number of nitrogens with zero attached hydrogens (tertiary/aromatic N) is 1. The van der Waals surface area contributed by atoms with Crippen molar-refractivity contribution in [2.45, 2.75) is 12.5 Å². The molecule has 5 nitrogen and oxygen atoms in total. The van der Waals surface area contributed by atoms with Gasteiger partial charge in [0.1, 0.15) is 5.75 Å². The summed E-state index contributed by atoms with van der Waals surface area (Å²) in [6.07, 6.45) is -1.68. The van der Waals surface area contributed by atoms with Gasteiger partial charge in [0.2, 0.25) is 0 Å². The Morgan fingerprint density at radius 1 is 1.17 bits per heavy atom. The van der Waals surface area contributed by atoms with Gasteiger partial charge in [0.05, 0.1) is 17.7 Å². The Kier molecular flexibility index (Phi) is 6.31. The molecule has 2 rings (SSSR count). The van der Waals surface area contributed by atoms with Gasteiger partial charge in [-0.05, 0) is 41.8 Å². The van der Waals surface area contributed by atoms with Gasteiger partial charge < -0.3 is 20.2 Å². The number of carboxylic acid groups (broad SMARTS) is 1. The van der Waals surface area contributed by atoms with E-state index in [9.17, 15) is 20.1 Å². The maximum Gasteiger partial charge on any atom is 0.407 e. The Morgan fingerprint density at radius 2 is 1.92 bits per heavy atom. The largest absolute Gasteiger partial charge is 0.506 e. The molecular formula is C17H17Cl2NO4. The highest BCUT2D eigenvalue weighted by atomic mass is 35.5. The van der Waals surface area contributed by atoms with E-state index in [4.69, 9.17) is 23.2 Å². The van der Waals surface area contributed by atoms with E-state index in [1.54, 1.807) is 36.4 Å². The second-order valence-electron chi connectivity index (χ2n) is 5.34. The number of phenols is 1. The molecule has 7 heteroatoms. The average molecular weight is 370 g/mol. The van der Waals surface area contributed by atoms with Crippen molar-refractivity contribution in [3.8, 4) is 5.75 Å². The van der Waals surface area contributed by atoms with E-state index in [0.29, 0.717) is 17.0 Å². The second-order valence-corrected chi connectivity index (χ2v) is 6.18. The first-order chi connectivity index (χ1) is 11.4. The molecular weight excluding hydrogens is 353 g/mol. The second kappa shape index (κ2) is 8.24. The van der Waals surface area contributed by atoms with Crippen LogP contribution in [0.2, 0.25) is 10.0 Å². The predicted octanol–water partition coefficient (Wildman–Crippen LogP) is 3.96. The van der Waals surface area contributed by atoms with E-state index < -0.39 is 12.2 Å². The number of phenolic OH excluding ortho intramolecular Hbond substituents is 1. The molecule has 0 aliphatic rings. The number of amides is 1. The third kappa shape index (κ3) is 5.03. The van der Waals surface area contributed by atoms with Crippen molar-refractivity contribution < 1.29 is 20.1 Å². The smallest absolute Gasteiger partial charge is 0.407 e. The minimum Gasteiger partial charge on any atom is -0.506 e. The van der Waals surface area contributed by atoms with E-state index in [1.807, 2.05) is 0 Å². The number of hydrogen-bond donors (Lipinski definition) is 3. The van der Waals surface area contributed by atoms with E-state index in [-0.39, 0.29) is 23.9 Å². The average Bonchev–Trinajstić information content (AvgIpc) is 2.54. The van der Waals surface area contributed by atoms with Gasteiger partial charge in [0.25, 0.3) is 0 Å². The van der Waals surface area contributed by atoms with Crippen LogP contribution in [0.4, 0.5) is 4.79 Å². The lowest BCUT2D eigenvalue weighted by atomic mass is 10.1. The van der Waals surface area contributed by atoms with Crippen LogP contribution < -0.4 is 0 Å². The van der Waals surface area contributed by atoms with Crippen LogP contribution >= 0.6 is 23.2 Å². The van der Waals surface area contributed by atoms with Crippen molar-refractivity contribution >= 4 is 29.3 Å². The fourth-order valence-corrected chi connectivity index (χ4v) is 2.66. The van der Waals surface area contributed by atoms with Gasteiger partial charge in [-0.1, -0.05) is 41.4 Å². The molecule has 2 aromatic rings. The van der Waals surface area contributed by atoms with Crippen LogP contribution in [0.5, 0.6) is 5.75 Å². The van der Waals surface area contributed by atoms with Gasteiger partial charge >= 0.3 is 6.09 Å². The number of aromatic hydroxyl groups is 1. The van der Waals surface area contributed by atoms with E-state index in [2.05, 4.69) is 0 Å². The predicted molar refractivity (Wildman–Crippen MR) is 92.8 cm³/mol. The summed E-state index contributed by atoms with van der Waals surface area (Å²) in [5, 5.41) is 29.6. The minimum absolute atomic E-state index is 0.0214. The lowest BCUT2D eigenvalue weighted by Crippen LogP contribution is -2.35. The van der Waals surface area contributed by atoms with Crippen LogP contribution in [0.3, 0.4) is 0 Å². The summed E-state index contributed by atoms with van der Waals surface area (Å²) in [4.78, 5) is 12.5. The number of halogens is 2. The summed E-state index contributed by atoms with van der Waals surface area (Å²) >= 11 is 11.7. The lowest BCUT2D eigenvalue weighted by Gasteiger charge is -2.23. The first kappa shape index (κ1) is 18.4. The Morgan fingerprint density at radius 3 is 2.54 bits per heavy atom. The zero-order chi connectivity index (χ0) is 17.7. The number of aliphatic hydroxyl groups excluding tert-OH is 1. The normalized spacial score (nSPS) is 12.0. The summed E-state index contributed by atoms with van der Waals surface area (Å²) in [5.74, 6) is -0.0214. The molecule has 1 atom stereocenters. The number of hydrogen-bond acceptors (Lipinski definition) is 3. The van der Waals surface area contributed by atoms with Crippen LogP contribution in [0.1, 0.15) is 17.2 Å². The highest BCUT2D eigenvalue weighted by Gasteiger charge is 2.18. The Bertz CT molecular complexity index is 723. The van der Waals surface area contributed by atoms with Gasteiger partial charge in [-0.25, -0.2) is 4.79 Å². The lowest BCUT2D eigenvalue weighted by molar-refractivity contribution is 0.0973. The van der Waals surface area contributed by atoms with Gasteiger partial charge in [-0.15, -0.1) is 0 Å². The van der Waals surface area contributed by atoms with Crippen molar-refractivity contribution in [1.29, 1.82) is 0 Å². The molecule has 0 heterocycles. The van der Waals surface area contributed by atoms with Crippen molar-refractivity contribution in [1.82, 2.24) is 4.90 Å². The maximum absolute atomic E-state index is 11.4. The molecule has 0 bridgehead atoms. The molecule has 0 saturated carbocycles. The monoisotopic (exact) mass is 369 g/mol. The molecule has 128 valence electrons. The minimum atomic E-state index is -1.12. The Balaban J connectivity index is 2.01. The molecule has 0 fully saturated rings. The number of carbonyl (C=O) groups is 1. The summed E-state index contributed by atoms with van der Waals surface area (Å²) in [5.41, 5.74) is 1.35. The van der Waals surface area contributed by atoms with Crippen LogP contribution in [-0.4, -0.2) is 39.4 Å². The topological polar surface area (TPSA) is 81.0 Å². The molecule has 0 spiro atoms. The molecule has 0 aliphatic heterocycles. The molecule has 0 aromatic heterocycles. The van der Waals surface area contributed by atoms with Gasteiger partial charge in [-0.2, -0.15) is 0 Å². The van der Waals surface area contributed by atoms with Crippen LogP contribution in [0, 0.1) is 0 Å². The van der Waals surface area contributed by atoms with Gasteiger partial charge in [-0.3, -0.25) is 0 Å². The van der Waals surface area contributed by atoms with Crippen molar-refractivity contribution in [3.05, 3.63) is 63.6 Å².